The molecule has 3 N–H and O–H groups in total. The van der Waals surface area contributed by atoms with Gasteiger partial charge in [-0.3, -0.25) is 10.1 Å². The first-order valence-electron chi connectivity index (χ1n) is 4.92. The summed E-state index contributed by atoms with van der Waals surface area (Å²) in [5, 5.41) is 3.99. The zero-order valence-electron chi connectivity index (χ0n) is 9.09. The van der Waals surface area contributed by atoms with Crippen molar-refractivity contribution in [1.29, 1.82) is 0 Å². The fourth-order valence-corrected chi connectivity index (χ4v) is 1.17. The van der Waals surface area contributed by atoms with Gasteiger partial charge in [0.25, 0.3) is 5.88 Å². The Morgan fingerprint density at radius 2 is 2.35 bits per heavy atom. The van der Waals surface area contributed by atoms with Crippen LogP contribution in [0.5, 0.6) is 11.6 Å². The molecule has 0 atom stereocenters. The van der Waals surface area contributed by atoms with Crippen molar-refractivity contribution in [2.75, 3.05) is 5.43 Å². The number of nitrogen functional groups attached to an aromatic ring is 1. The van der Waals surface area contributed by atoms with Crippen LogP contribution in [-0.2, 0) is 6.54 Å². The van der Waals surface area contributed by atoms with E-state index in [-0.39, 0.29) is 11.8 Å². The first-order valence-corrected chi connectivity index (χ1v) is 4.92. The molecule has 0 spiro atoms. The van der Waals surface area contributed by atoms with Crippen molar-refractivity contribution in [3.05, 3.63) is 24.4 Å². The van der Waals surface area contributed by atoms with Crippen LogP contribution in [0.15, 0.2) is 18.6 Å². The summed E-state index contributed by atoms with van der Waals surface area (Å²) in [5.41, 5.74) is 2.21. The molecule has 0 unspecified atom stereocenters. The molecule has 2 rings (SSSR count). The molecule has 0 amide bonds. The van der Waals surface area contributed by atoms with E-state index in [1.807, 2.05) is 6.92 Å². The number of nitrogens with one attached hydrogen (secondary N) is 1. The van der Waals surface area contributed by atoms with Crippen LogP contribution in [-0.4, -0.2) is 19.7 Å². The summed E-state index contributed by atoms with van der Waals surface area (Å²) in [5.74, 6) is 4.71. The SMILES string of the molecule is CCn1cc(Oc2nc(NN)ncc2F)cn1. The van der Waals surface area contributed by atoms with E-state index in [0.29, 0.717) is 12.3 Å². The normalized spacial score (nSPS) is 10.3. The van der Waals surface area contributed by atoms with Gasteiger partial charge in [-0.15, -0.1) is 0 Å². The van der Waals surface area contributed by atoms with Crippen molar-refractivity contribution in [1.82, 2.24) is 19.7 Å². The number of hydrogen-bond donors (Lipinski definition) is 2. The largest absolute Gasteiger partial charge is 0.433 e. The Balaban J connectivity index is 2.22. The molecule has 0 aliphatic heterocycles. The van der Waals surface area contributed by atoms with Crippen molar-refractivity contribution in [2.24, 2.45) is 5.84 Å². The standard InChI is InChI=1S/C9H11FN6O/c1-2-16-5-6(3-13-16)17-8-7(10)4-12-9(14-8)15-11/h3-5H,2,11H2,1H3,(H,12,14,15). The minimum absolute atomic E-state index is 0.0734. The lowest BCUT2D eigenvalue weighted by Gasteiger charge is -2.04. The van der Waals surface area contributed by atoms with E-state index in [0.717, 1.165) is 6.20 Å². The Kier molecular flexibility index (Phi) is 3.15. The molecule has 17 heavy (non-hydrogen) atoms. The van der Waals surface area contributed by atoms with Gasteiger partial charge in [0, 0.05) is 6.54 Å². The molecule has 0 bridgehead atoms. The number of rotatable bonds is 4. The highest BCUT2D eigenvalue weighted by Gasteiger charge is 2.10. The molecule has 2 aromatic rings. The summed E-state index contributed by atoms with van der Waals surface area (Å²) in [6.07, 6.45) is 4.08. The Hall–Kier alpha value is -2.22. The summed E-state index contributed by atoms with van der Waals surface area (Å²) in [6, 6.07) is 0. The Morgan fingerprint density at radius 3 is 3.00 bits per heavy atom. The quantitative estimate of drug-likeness (QED) is 0.607. The highest BCUT2D eigenvalue weighted by atomic mass is 19.1. The minimum atomic E-state index is -0.673. The van der Waals surface area contributed by atoms with Crippen LogP contribution in [0, 0.1) is 5.82 Å². The molecule has 0 aliphatic carbocycles. The lowest BCUT2D eigenvalue weighted by molar-refractivity contribution is 0.420. The van der Waals surface area contributed by atoms with Gasteiger partial charge in [-0.1, -0.05) is 0 Å². The van der Waals surface area contributed by atoms with E-state index in [9.17, 15) is 4.39 Å². The molecule has 0 aliphatic rings. The van der Waals surface area contributed by atoms with Gasteiger partial charge in [-0.2, -0.15) is 14.5 Å². The van der Waals surface area contributed by atoms with Crippen molar-refractivity contribution in [3.8, 4) is 11.6 Å². The van der Waals surface area contributed by atoms with E-state index in [4.69, 9.17) is 10.6 Å². The number of hydrogen-bond acceptors (Lipinski definition) is 6. The predicted molar refractivity (Wildman–Crippen MR) is 57.8 cm³/mol. The van der Waals surface area contributed by atoms with Crippen LogP contribution in [0.2, 0.25) is 0 Å². The molecule has 90 valence electrons. The number of halogens is 1. The molecule has 2 aromatic heterocycles. The number of hydrazine groups is 1. The van der Waals surface area contributed by atoms with Crippen LogP contribution in [0.3, 0.4) is 0 Å². The van der Waals surface area contributed by atoms with Crippen molar-refractivity contribution in [2.45, 2.75) is 13.5 Å². The third-order valence-electron chi connectivity index (χ3n) is 1.99. The smallest absolute Gasteiger partial charge is 0.261 e. The number of aryl methyl sites for hydroxylation is 1. The number of aromatic nitrogens is 4. The molecule has 0 saturated carbocycles. The van der Waals surface area contributed by atoms with Gasteiger partial charge < -0.3 is 4.74 Å². The van der Waals surface area contributed by atoms with Crippen LogP contribution in [0.25, 0.3) is 0 Å². The number of nitrogens with zero attached hydrogens (tertiary/aromatic N) is 4. The molecular weight excluding hydrogens is 227 g/mol. The maximum absolute atomic E-state index is 13.3. The molecule has 0 saturated heterocycles. The highest BCUT2D eigenvalue weighted by molar-refractivity contribution is 5.29. The first-order chi connectivity index (χ1) is 8.22. The third kappa shape index (κ3) is 2.48. The van der Waals surface area contributed by atoms with Crippen LogP contribution in [0.4, 0.5) is 10.3 Å². The topological polar surface area (TPSA) is 90.9 Å². The average Bonchev–Trinajstić information content (AvgIpc) is 2.80. The first kappa shape index (κ1) is 11.3. The van der Waals surface area contributed by atoms with E-state index >= 15 is 0 Å². The van der Waals surface area contributed by atoms with Crippen molar-refractivity contribution < 1.29 is 9.13 Å². The maximum atomic E-state index is 13.3. The number of anilines is 1. The van der Waals surface area contributed by atoms with Crippen LogP contribution >= 0.6 is 0 Å². The molecular formula is C9H11FN6O. The number of nitrogens with two attached hydrogens (primary N) is 1. The fraction of sp³-hybridized carbons (Fsp3) is 0.222. The summed E-state index contributed by atoms with van der Waals surface area (Å²) in [4.78, 5) is 7.34. The van der Waals surface area contributed by atoms with Gasteiger partial charge in [0.1, 0.15) is 0 Å². The van der Waals surface area contributed by atoms with Gasteiger partial charge >= 0.3 is 0 Å². The lowest BCUT2D eigenvalue weighted by Crippen LogP contribution is -2.11. The highest BCUT2D eigenvalue weighted by Crippen LogP contribution is 2.21. The average molecular weight is 238 g/mol. The summed E-state index contributed by atoms with van der Waals surface area (Å²) in [7, 11) is 0. The lowest BCUT2D eigenvalue weighted by atomic mass is 10.5. The molecule has 0 fully saturated rings. The second-order valence-electron chi connectivity index (χ2n) is 3.12. The molecule has 0 radical (unpaired) electrons. The zero-order valence-corrected chi connectivity index (χ0v) is 9.09. The van der Waals surface area contributed by atoms with E-state index in [1.165, 1.54) is 6.20 Å². The summed E-state index contributed by atoms with van der Waals surface area (Å²) >= 11 is 0. The molecule has 7 nitrogen and oxygen atoms in total. The van der Waals surface area contributed by atoms with Gasteiger partial charge in [0.15, 0.2) is 5.75 Å². The van der Waals surface area contributed by atoms with E-state index in [2.05, 4.69) is 20.5 Å². The zero-order chi connectivity index (χ0) is 12.3. The second kappa shape index (κ2) is 4.74. The predicted octanol–water partition coefficient (Wildman–Crippen LogP) is 0.910. The van der Waals surface area contributed by atoms with Crippen LogP contribution in [0.1, 0.15) is 6.92 Å². The summed E-state index contributed by atoms with van der Waals surface area (Å²) in [6.45, 7) is 2.63. The van der Waals surface area contributed by atoms with Gasteiger partial charge in [0.05, 0.1) is 18.6 Å². The van der Waals surface area contributed by atoms with Gasteiger partial charge in [-0.25, -0.2) is 10.8 Å². The van der Waals surface area contributed by atoms with Gasteiger partial charge in [-0.05, 0) is 6.92 Å². The van der Waals surface area contributed by atoms with E-state index < -0.39 is 5.82 Å². The fourth-order valence-electron chi connectivity index (χ4n) is 1.17. The second-order valence-corrected chi connectivity index (χ2v) is 3.12. The summed E-state index contributed by atoms with van der Waals surface area (Å²) < 4.78 is 20.2. The number of ether oxygens (including phenoxy) is 1. The Bertz CT molecular complexity index is 514. The third-order valence-corrected chi connectivity index (χ3v) is 1.99. The minimum Gasteiger partial charge on any atom is -0.433 e. The van der Waals surface area contributed by atoms with Crippen LogP contribution < -0.4 is 16.0 Å². The monoisotopic (exact) mass is 238 g/mol. The maximum Gasteiger partial charge on any atom is 0.261 e. The van der Waals surface area contributed by atoms with Gasteiger partial charge in [0.2, 0.25) is 11.8 Å². The van der Waals surface area contributed by atoms with E-state index in [1.54, 1.807) is 10.9 Å². The Morgan fingerprint density at radius 1 is 1.53 bits per heavy atom. The van der Waals surface area contributed by atoms with Crippen molar-refractivity contribution in [3.63, 3.8) is 0 Å². The Labute approximate surface area is 96.4 Å². The molecule has 2 heterocycles. The molecule has 0 aromatic carbocycles. The molecule has 8 heteroatoms. The van der Waals surface area contributed by atoms with Crippen molar-refractivity contribution >= 4 is 5.95 Å².